The van der Waals surface area contributed by atoms with Gasteiger partial charge >= 0.3 is 0 Å². The first-order chi connectivity index (χ1) is 7.15. The van der Waals surface area contributed by atoms with Crippen LogP contribution in [0.3, 0.4) is 0 Å². The number of carbonyl (C=O) groups excluding carboxylic acids is 1. The number of nitrogens with zero attached hydrogens (tertiary/aromatic N) is 1. The summed E-state index contributed by atoms with van der Waals surface area (Å²) in [6.45, 7) is 5.83. The average Bonchev–Trinajstić information content (AvgIpc) is 2.26. The van der Waals surface area contributed by atoms with Gasteiger partial charge in [0.05, 0.1) is 0 Å². The van der Waals surface area contributed by atoms with E-state index in [1.807, 2.05) is 16.7 Å². The molecular formula is C11H22N2OS. The van der Waals surface area contributed by atoms with Crippen molar-refractivity contribution in [3.8, 4) is 0 Å². The lowest BCUT2D eigenvalue weighted by Gasteiger charge is -2.33. The molecule has 1 rings (SSSR count). The van der Waals surface area contributed by atoms with Crippen LogP contribution in [0.4, 0.5) is 0 Å². The molecule has 0 bridgehead atoms. The van der Waals surface area contributed by atoms with Gasteiger partial charge in [0.25, 0.3) is 0 Å². The molecule has 1 amide bonds. The molecule has 2 atom stereocenters. The van der Waals surface area contributed by atoms with E-state index in [0.717, 1.165) is 24.5 Å². The van der Waals surface area contributed by atoms with E-state index in [2.05, 4.69) is 13.8 Å². The summed E-state index contributed by atoms with van der Waals surface area (Å²) in [7, 11) is 0. The van der Waals surface area contributed by atoms with Gasteiger partial charge in [-0.25, -0.2) is 0 Å². The van der Waals surface area contributed by atoms with Crippen LogP contribution in [0, 0.1) is 5.92 Å². The Bertz CT molecular complexity index is 211. The third-order valence-electron chi connectivity index (χ3n) is 2.94. The summed E-state index contributed by atoms with van der Waals surface area (Å²) in [4.78, 5) is 13.9. The molecule has 0 spiro atoms. The van der Waals surface area contributed by atoms with Crippen LogP contribution in [0.25, 0.3) is 0 Å². The first kappa shape index (κ1) is 12.8. The van der Waals surface area contributed by atoms with Gasteiger partial charge in [0, 0.05) is 30.5 Å². The molecule has 4 heteroatoms. The van der Waals surface area contributed by atoms with E-state index in [1.165, 1.54) is 0 Å². The molecule has 0 aromatic heterocycles. The van der Waals surface area contributed by atoms with Gasteiger partial charge in [0.15, 0.2) is 0 Å². The Morgan fingerprint density at radius 2 is 2.40 bits per heavy atom. The highest BCUT2D eigenvalue weighted by Gasteiger charge is 2.23. The smallest absolute Gasteiger partial charge is 0.222 e. The van der Waals surface area contributed by atoms with Crippen molar-refractivity contribution in [1.82, 2.24) is 4.90 Å². The Morgan fingerprint density at radius 1 is 1.67 bits per heavy atom. The minimum absolute atomic E-state index is 0.308. The Morgan fingerprint density at radius 3 is 3.00 bits per heavy atom. The van der Waals surface area contributed by atoms with E-state index in [1.54, 1.807) is 0 Å². The molecule has 15 heavy (non-hydrogen) atoms. The SMILES string of the molecule is CC(CN)CCC(=O)N1CCSCC1C. The molecule has 1 aliphatic rings. The molecule has 1 aliphatic heterocycles. The Hall–Kier alpha value is -0.220. The topological polar surface area (TPSA) is 46.3 Å². The highest BCUT2D eigenvalue weighted by Crippen LogP contribution is 2.17. The predicted molar refractivity (Wildman–Crippen MR) is 66.0 cm³/mol. The maximum absolute atomic E-state index is 11.9. The van der Waals surface area contributed by atoms with E-state index < -0.39 is 0 Å². The molecule has 0 aromatic carbocycles. The number of thioether (sulfide) groups is 1. The van der Waals surface area contributed by atoms with E-state index >= 15 is 0 Å². The maximum atomic E-state index is 11.9. The van der Waals surface area contributed by atoms with Gasteiger partial charge in [-0.05, 0) is 25.8 Å². The van der Waals surface area contributed by atoms with Crippen molar-refractivity contribution in [2.24, 2.45) is 11.7 Å². The molecule has 2 unspecified atom stereocenters. The zero-order chi connectivity index (χ0) is 11.3. The molecule has 0 aromatic rings. The monoisotopic (exact) mass is 230 g/mol. The van der Waals surface area contributed by atoms with E-state index in [9.17, 15) is 4.79 Å². The average molecular weight is 230 g/mol. The minimum Gasteiger partial charge on any atom is -0.338 e. The van der Waals surface area contributed by atoms with Crippen LogP contribution in [0.2, 0.25) is 0 Å². The fourth-order valence-corrected chi connectivity index (χ4v) is 2.74. The molecule has 0 radical (unpaired) electrons. The predicted octanol–water partition coefficient (Wildman–Crippen LogP) is 1.33. The first-order valence-corrected chi connectivity index (χ1v) is 6.88. The van der Waals surface area contributed by atoms with E-state index in [0.29, 0.717) is 30.8 Å². The third kappa shape index (κ3) is 4.03. The third-order valence-corrected chi connectivity index (χ3v) is 4.13. The minimum atomic E-state index is 0.308. The van der Waals surface area contributed by atoms with Crippen molar-refractivity contribution in [2.75, 3.05) is 24.6 Å². The van der Waals surface area contributed by atoms with Crippen LogP contribution in [0.5, 0.6) is 0 Å². The molecule has 2 N–H and O–H groups in total. The summed E-state index contributed by atoms with van der Waals surface area (Å²) < 4.78 is 0. The van der Waals surface area contributed by atoms with Crippen molar-refractivity contribution in [1.29, 1.82) is 0 Å². The van der Waals surface area contributed by atoms with E-state index in [4.69, 9.17) is 5.73 Å². The van der Waals surface area contributed by atoms with Crippen molar-refractivity contribution in [3.05, 3.63) is 0 Å². The van der Waals surface area contributed by atoms with Crippen molar-refractivity contribution >= 4 is 17.7 Å². The van der Waals surface area contributed by atoms with Gasteiger partial charge in [-0.3, -0.25) is 4.79 Å². The number of nitrogens with two attached hydrogens (primary N) is 1. The molecule has 1 heterocycles. The van der Waals surface area contributed by atoms with Crippen molar-refractivity contribution in [3.63, 3.8) is 0 Å². The molecule has 3 nitrogen and oxygen atoms in total. The van der Waals surface area contributed by atoms with Crippen LogP contribution in [-0.4, -0.2) is 41.4 Å². The zero-order valence-corrected chi connectivity index (χ0v) is 10.6. The van der Waals surface area contributed by atoms with Gasteiger partial charge in [-0.1, -0.05) is 6.92 Å². The Balaban J connectivity index is 2.32. The van der Waals surface area contributed by atoms with Crippen molar-refractivity contribution < 1.29 is 4.79 Å². The van der Waals surface area contributed by atoms with Gasteiger partial charge in [-0.2, -0.15) is 11.8 Å². The van der Waals surface area contributed by atoms with Gasteiger partial charge in [0.1, 0.15) is 0 Å². The normalized spacial score (nSPS) is 23.9. The molecule has 1 fully saturated rings. The maximum Gasteiger partial charge on any atom is 0.222 e. The summed E-state index contributed by atoms with van der Waals surface area (Å²) >= 11 is 1.94. The summed E-state index contributed by atoms with van der Waals surface area (Å²) in [6.07, 6.45) is 1.58. The van der Waals surface area contributed by atoms with Gasteiger partial charge < -0.3 is 10.6 Å². The molecular weight excluding hydrogens is 208 g/mol. The number of hydrogen-bond acceptors (Lipinski definition) is 3. The fraction of sp³-hybridized carbons (Fsp3) is 0.909. The zero-order valence-electron chi connectivity index (χ0n) is 9.74. The molecule has 0 aliphatic carbocycles. The lowest BCUT2D eigenvalue weighted by molar-refractivity contribution is -0.132. The summed E-state index contributed by atoms with van der Waals surface area (Å²) in [5.74, 6) is 2.94. The first-order valence-electron chi connectivity index (χ1n) is 5.72. The van der Waals surface area contributed by atoms with E-state index in [-0.39, 0.29) is 0 Å². The highest BCUT2D eigenvalue weighted by molar-refractivity contribution is 7.99. The second kappa shape index (κ2) is 6.38. The number of hydrogen-bond donors (Lipinski definition) is 1. The van der Waals surface area contributed by atoms with Crippen LogP contribution in [0.15, 0.2) is 0 Å². The second-order valence-corrected chi connectivity index (χ2v) is 5.54. The summed E-state index contributed by atoms with van der Waals surface area (Å²) in [6, 6.07) is 0.407. The fourth-order valence-electron chi connectivity index (χ4n) is 1.73. The van der Waals surface area contributed by atoms with Gasteiger partial charge in [0.2, 0.25) is 5.91 Å². The standard InChI is InChI=1S/C11H22N2OS/c1-9(7-12)3-4-11(14)13-5-6-15-8-10(13)2/h9-10H,3-8,12H2,1-2H3. The Labute approximate surface area is 96.8 Å². The lowest BCUT2D eigenvalue weighted by Crippen LogP contribution is -2.44. The summed E-state index contributed by atoms with van der Waals surface area (Å²) in [5, 5.41) is 0. The Kier molecular flexibility index (Phi) is 5.47. The molecule has 88 valence electrons. The number of carbonyl (C=O) groups is 1. The highest BCUT2D eigenvalue weighted by atomic mass is 32.2. The van der Waals surface area contributed by atoms with Gasteiger partial charge in [-0.15, -0.1) is 0 Å². The quantitative estimate of drug-likeness (QED) is 0.792. The van der Waals surface area contributed by atoms with Crippen molar-refractivity contribution in [2.45, 2.75) is 32.7 Å². The second-order valence-electron chi connectivity index (χ2n) is 4.39. The van der Waals surface area contributed by atoms with Crippen LogP contribution >= 0.6 is 11.8 Å². The van der Waals surface area contributed by atoms with Crippen LogP contribution in [0.1, 0.15) is 26.7 Å². The molecule has 0 saturated carbocycles. The van der Waals surface area contributed by atoms with Crippen LogP contribution < -0.4 is 5.73 Å². The largest absolute Gasteiger partial charge is 0.338 e. The number of amides is 1. The lowest BCUT2D eigenvalue weighted by atomic mass is 10.1. The van der Waals surface area contributed by atoms with Crippen LogP contribution in [-0.2, 0) is 4.79 Å². The summed E-state index contributed by atoms with van der Waals surface area (Å²) in [5.41, 5.74) is 5.54. The number of rotatable bonds is 4. The molecule has 1 saturated heterocycles.